The first-order chi connectivity index (χ1) is 8.96. The van der Waals surface area contributed by atoms with Gasteiger partial charge in [0.2, 0.25) is 0 Å². The smallest absolute Gasteiger partial charge is 0.329 e. The number of para-hydroxylation sites is 1. The van der Waals surface area contributed by atoms with Gasteiger partial charge in [-0.05, 0) is 25.0 Å². The number of benzene rings is 1. The molecule has 7 heteroatoms. The third-order valence-electron chi connectivity index (χ3n) is 3.41. The molecular weight excluding hydrogens is 272 g/mol. The van der Waals surface area contributed by atoms with Crippen LogP contribution in [0.4, 0.5) is 11.4 Å². The number of carbonyl (C=O) groups is 1. The van der Waals surface area contributed by atoms with Crippen molar-refractivity contribution in [2.24, 2.45) is 0 Å². The molecule has 1 aliphatic carbocycles. The van der Waals surface area contributed by atoms with Gasteiger partial charge in [0.1, 0.15) is 16.2 Å². The molecule has 19 heavy (non-hydrogen) atoms. The molecule has 0 unspecified atom stereocenters. The average molecular weight is 285 g/mol. The summed E-state index contributed by atoms with van der Waals surface area (Å²) in [5, 5.41) is 23.2. The van der Waals surface area contributed by atoms with Crippen LogP contribution in [0.3, 0.4) is 0 Å². The van der Waals surface area contributed by atoms with Crippen molar-refractivity contribution >= 4 is 28.9 Å². The van der Waals surface area contributed by atoms with Crippen molar-refractivity contribution in [3.05, 3.63) is 33.3 Å². The SMILES string of the molecule is O=C(O)C1(Nc2cccc(Cl)c2[N+](=O)[O-])CCCC1. The zero-order chi connectivity index (χ0) is 14.0. The van der Waals surface area contributed by atoms with E-state index in [1.165, 1.54) is 12.1 Å². The lowest BCUT2D eigenvalue weighted by atomic mass is 9.97. The maximum Gasteiger partial charge on any atom is 0.329 e. The highest BCUT2D eigenvalue weighted by molar-refractivity contribution is 6.33. The summed E-state index contributed by atoms with van der Waals surface area (Å²) in [6.45, 7) is 0. The number of rotatable bonds is 4. The fraction of sp³-hybridized carbons (Fsp3) is 0.417. The predicted molar refractivity (Wildman–Crippen MR) is 70.6 cm³/mol. The maximum atomic E-state index is 11.4. The minimum absolute atomic E-state index is 0.00599. The summed E-state index contributed by atoms with van der Waals surface area (Å²) in [6.07, 6.45) is 2.47. The first kappa shape index (κ1) is 13.6. The first-order valence-corrected chi connectivity index (χ1v) is 6.28. The molecule has 0 aliphatic heterocycles. The Labute approximate surface area is 114 Å². The number of carboxylic acids is 1. The summed E-state index contributed by atoms with van der Waals surface area (Å²) in [5.74, 6) is -0.987. The van der Waals surface area contributed by atoms with E-state index >= 15 is 0 Å². The number of anilines is 1. The van der Waals surface area contributed by atoms with Crippen LogP contribution >= 0.6 is 11.6 Å². The minimum Gasteiger partial charge on any atom is -0.480 e. The second-order valence-corrected chi connectivity index (χ2v) is 5.02. The highest BCUT2D eigenvalue weighted by Crippen LogP contribution is 2.38. The van der Waals surface area contributed by atoms with E-state index in [9.17, 15) is 20.0 Å². The second-order valence-electron chi connectivity index (χ2n) is 4.61. The van der Waals surface area contributed by atoms with Crippen molar-refractivity contribution < 1.29 is 14.8 Å². The lowest BCUT2D eigenvalue weighted by Crippen LogP contribution is -2.43. The van der Waals surface area contributed by atoms with Crippen molar-refractivity contribution in [2.45, 2.75) is 31.2 Å². The number of nitro benzene ring substituents is 1. The van der Waals surface area contributed by atoms with Crippen LogP contribution in [-0.2, 0) is 4.79 Å². The highest BCUT2D eigenvalue weighted by atomic mass is 35.5. The Balaban J connectivity index is 2.40. The second kappa shape index (κ2) is 5.05. The van der Waals surface area contributed by atoms with Crippen molar-refractivity contribution in [2.75, 3.05) is 5.32 Å². The van der Waals surface area contributed by atoms with Gasteiger partial charge in [0.15, 0.2) is 0 Å². The summed E-state index contributed by atoms with van der Waals surface area (Å²) < 4.78 is 0. The highest BCUT2D eigenvalue weighted by Gasteiger charge is 2.42. The minimum atomic E-state index is -1.13. The third kappa shape index (κ3) is 2.49. The number of carboxylic acid groups (broad SMARTS) is 1. The lowest BCUT2D eigenvalue weighted by molar-refractivity contribution is -0.383. The summed E-state index contributed by atoms with van der Waals surface area (Å²) in [4.78, 5) is 21.9. The normalized spacial score (nSPS) is 17.1. The van der Waals surface area contributed by atoms with E-state index in [4.69, 9.17) is 11.6 Å². The van der Waals surface area contributed by atoms with Crippen molar-refractivity contribution in [3.63, 3.8) is 0 Å². The molecule has 0 amide bonds. The molecule has 0 saturated heterocycles. The van der Waals surface area contributed by atoms with E-state index < -0.39 is 16.4 Å². The van der Waals surface area contributed by atoms with Gasteiger partial charge in [0.05, 0.1) is 4.92 Å². The largest absolute Gasteiger partial charge is 0.480 e. The molecule has 102 valence electrons. The fourth-order valence-electron chi connectivity index (χ4n) is 2.43. The van der Waals surface area contributed by atoms with Crippen LogP contribution in [0.2, 0.25) is 5.02 Å². The van der Waals surface area contributed by atoms with Crippen LogP contribution in [0.25, 0.3) is 0 Å². The number of nitro groups is 1. The van der Waals surface area contributed by atoms with Gasteiger partial charge in [0.25, 0.3) is 0 Å². The van der Waals surface area contributed by atoms with Gasteiger partial charge in [-0.1, -0.05) is 30.5 Å². The van der Waals surface area contributed by atoms with Gasteiger partial charge in [0, 0.05) is 0 Å². The van der Waals surface area contributed by atoms with Gasteiger partial charge in [-0.15, -0.1) is 0 Å². The zero-order valence-electron chi connectivity index (χ0n) is 10.1. The van der Waals surface area contributed by atoms with Gasteiger partial charge in [-0.3, -0.25) is 10.1 Å². The van der Waals surface area contributed by atoms with E-state index in [0.29, 0.717) is 12.8 Å². The molecule has 1 aromatic rings. The zero-order valence-corrected chi connectivity index (χ0v) is 10.8. The molecule has 0 atom stereocenters. The van der Waals surface area contributed by atoms with Gasteiger partial charge in [-0.2, -0.15) is 0 Å². The molecule has 1 fully saturated rings. The van der Waals surface area contributed by atoms with Gasteiger partial charge >= 0.3 is 11.7 Å². The molecule has 2 N–H and O–H groups in total. The molecule has 0 spiro atoms. The molecule has 0 radical (unpaired) electrons. The van der Waals surface area contributed by atoms with Crippen LogP contribution in [-0.4, -0.2) is 21.5 Å². The van der Waals surface area contributed by atoms with Crippen LogP contribution < -0.4 is 5.32 Å². The number of halogens is 1. The van der Waals surface area contributed by atoms with E-state index in [2.05, 4.69) is 5.32 Å². The Morgan fingerprint density at radius 1 is 1.42 bits per heavy atom. The number of nitrogens with zero attached hydrogens (tertiary/aromatic N) is 1. The van der Waals surface area contributed by atoms with E-state index in [-0.39, 0.29) is 16.4 Å². The number of nitrogens with one attached hydrogen (secondary N) is 1. The monoisotopic (exact) mass is 284 g/mol. The number of hydrogen-bond donors (Lipinski definition) is 2. The van der Waals surface area contributed by atoms with Crippen molar-refractivity contribution in [3.8, 4) is 0 Å². The summed E-state index contributed by atoms with van der Waals surface area (Å²) >= 11 is 5.81. The van der Waals surface area contributed by atoms with Gasteiger partial charge in [-0.25, -0.2) is 4.79 Å². The summed E-state index contributed by atoms with van der Waals surface area (Å²) in [7, 11) is 0. The lowest BCUT2D eigenvalue weighted by Gasteiger charge is -2.26. The van der Waals surface area contributed by atoms with Crippen LogP contribution in [0.15, 0.2) is 18.2 Å². The van der Waals surface area contributed by atoms with Crippen LogP contribution in [0.1, 0.15) is 25.7 Å². The quantitative estimate of drug-likeness (QED) is 0.655. The Kier molecular flexibility index (Phi) is 3.61. The molecule has 0 heterocycles. The Bertz CT molecular complexity index is 526. The number of hydrogen-bond acceptors (Lipinski definition) is 4. The molecule has 6 nitrogen and oxygen atoms in total. The Hall–Kier alpha value is -1.82. The first-order valence-electron chi connectivity index (χ1n) is 5.91. The Morgan fingerprint density at radius 2 is 2.05 bits per heavy atom. The van der Waals surface area contributed by atoms with Gasteiger partial charge < -0.3 is 10.4 Å². The average Bonchev–Trinajstić information content (AvgIpc) is 2.78. The summed E-state index contributed by atoms with van der Waals surface area (Å²) in [6, 6.07) is 4.45. The van der Waals surface area contributed by atoms with E-state index in [0.717, 1.165) is 12.8 Å². The molecule has 1 aromatic carbocycles. The van der Waals surface area contributed by atoms with Crippen LogP contribution in [0, 0.1) is 10.1 Å². The molecule has 1 aliphatic rings. The topological polar surface area (TPSA) is 92.5 Å². The predicted octanol–water partition coefficient (Wildman–Crippen LogP) is 3.06. The maximum absolute atomic E-state index is 11.4. The standard InChI is InChI=1S/C12H13ClN2O4/c13-8-4-3-5-9(10(8)15(18)19)14-12(11(16)17)6-1-2-7-12/h3-5,14H,1-2,6-7H2,(H,16,17). The summed E-state index contributed by atoms with van der Waals surface area (Å²) in [5.41, 5.74) is -1.26. The van der Waals surface area contributed by atoms with Crippen LogP contribution in [0.5, 0.6) is 0 Å². The molecular formula is C12H13ClN2O4. The molecule has 2 rings (SSSR count). The molecule has 1 saturated carbocycles. The number of aliphatic carboxylic acids is 1. The Morgan fingerprint density at radius 3 is 2.58 bits per heavy atom. The van der Waals surface area contributed by atoms with E-state index in [1.54, 1.807) is 6.07 Å². The third-order valence-corrected chi connectivity index (χ3v) is 3.71. The molecule has 0 aromatic heterocycles. The fourth-order valence-corrected chi connectivity index (χ4v) is 2.67. The van der Waals surface area contributed by atoms with Crippen molar-refractivity contribution in [1.82, 2.24) is 0 Å². The van der Waals surface area contributed by atoms with Crippen molar-refractivity contribution in [1.29, 1.82) is 0 Å². The molecule has 0 bridgehead atoms. The van der Waals surface area contributed by atoms with E-state index in [1.807, 2.05) is 0 Å².